The van der Waals surface area contributed by atoms with E-state index in [-0.39, 0.29) is 42.0 Å². The number of sulfonamides is 1. The number of piperazine rings is 1. The van der Waals surface area contributed by atoms with Crippen molar-refractivity contribution >= 4 is 43.3 Å². The van der Waals surface area contributed by atoms with E-state index in [9.17, 15) is 49.1 Å². The summed E-state index contributed by atoms with van der Waals surface area (Å²) in [5, 5.41) is 9.46. The summed E-state index contributed by atoms with van der Waals surface area (Å²) in [7, 11) is -3.18. The number of ether oxygens (including phenoxy) is 2. The Balaban J connectivity index is 1.43. The minimum Gasteiger partial charge on any atom is -0.406 e. The van der Waals surface area contributed by atoms with Crippen LogP contribution < -0.4 is 30.6 Å². The zero-order valence-corrected chi connectivity index (χ0v) is 26.4. The monoisotopic (exact) mass is 735 g/mol. The number of rotatable bonds is 9. The molecule has 3 heterocycles. The highest BCUT2D eigenvalue weighted by Gasteiger charge is 2.41. The molecule has 1 atom stereocenters. The van der Waals surface area contributed by atoms with Crippen molar-refractivity contribution in [3.05, 3.63) is 76.2 Å². The summed E-state index contributed by atoms with van der Waals surface area (Å²) in [6, 6.07) is 7.45. The third-order valence-electron chi connectivity index (χ3n) is 6.90. The number of hydrogen-bond acceptors (Lipinski definition) is 11. The first-order valence-electron chi connectivity index (χ1n) is 13.8. The molecule has 1 saturated heterocycles. The summed E-state index contributed by atoms with van der Waals surface area (Å²) in [6.45, 7) is -0.938. The van der Waals surface area contributed by atoms with Crippen LogP contribution in [0.3, 0.4) is 0 Å². The summed E-state index contributed by atoms with van der Waals surface area (Å²) in [5.74, 6) is -2.64. The molecule has 2 N–H and O–H groups in total. The van der Waals surface area contributed by atoms with Gasteiger partial charge in [-0.15, -0.1) is 31.4 Å². The van der Waals surface area contributed by atoms with E-state index in [1.165, 1.54) is 24.1 Å². The van der Waals surface area contributed by atoms with Gasteiger partial charge in [-0.25, -0.2) is 8.42 Å². The quantitative estimate of drug-likeness (QED) is 0.244. The van der Waals surface area contributed by atoms with Crippen LogP contribution in [0.1, 0.15) is 16.1 Å². The van der Waals surface area contributed by atoms with Gasteiger partial charge in [0.05, 0.1) is 4.90 Å². The SMILES string of the molecule is CNC(=O)c1cc(=O)nc2sc(N3CCN(S(=O)(=O)c4ccc(OC(F)(F)F)cc4)[C@@H](C(=O)NCc4ccc(OC(F)(F)F)cc4)C3)nn12. The molecule has 14 nitrogen and oxygen atoms in total. The molecule has 1 aliphatic heterocycles. The highest BCUT2D eigenvalue weighted by atomic mass is 32.2. The molecule has 0 saturated carbocycles. The molecule has 5 rings (SSSR count). The molecule has 4 aromatic rings. The van der Waals surface area contributed by atoms with Gasteiger partial charge in [0.1, 0.15) is 23.2 Å². The predicted octanol–water partition coefficient (Wildman–Crippen LogP) is 2.50. The molecule has 2 aromatic heterocycles. The van der Waals surface area contributed by atoms with Gasteiger partial charge in [-0.2, -0.15) is 13.8 Å². The van der Waals surface area contributed by atoms with Crippen molar-refractivity contribution in [1.82, 2.24) is 29.5 Å². The van der Waals surface area contributed by atoms with Crippen molar-refractivity contribution in [3.8, 4) is 11.5 Å². The number of aromatic nitrogens is 3. The maximum atomic E-state index is 13.8. The fourth-order valence-electron chi connectivity index (χ4n) is 4.73. The van der Waals surface area contributed by atoms with E-state index < -0.39 is 62.6 Å². The maximum absolute atomic E-state index is 13.8. The molecule has 0 spiro atoms. The molecule has 262 valence electrons. The zero-order valence-electron chi connectivity index (χ0n) is 24.8. The second kappa shape index (κ2) is 13.5. The van der Waals surface area contributed by atoms with E-state index >= 15 is 0 Å². The molecular weight excluding hydrogens is 712 g/mol. The van der Waals surface area contributed by atoms with E-state index in [1.54, 1.807) is 0 Å². The Morgan fingerprint density at radius 1 is 0.959 bits per heavy atom. The number of benzene rings is 2. The molecule has 0 aliphatic carbocycles. The van der Waals surface area contributed by atoms with Crippen molar-refractivity contribution in [2.75, 3.05) is 31.6 Å². The molecule has 49 heavy (non-hydrogen) atoms. The number of hydrogen-bond donors (Lipinski definition) is 2. The lowest BCUT2D eigenvalue weighted by Gasteiger charge is -2.39. The van der Waals surface area contributed by atoms with Crippen LogP contribution in [0.4, 0.5) is 31.5 Å². The Morgan fingerprint density at radius 3 is 2.12 bits per heavy atom. The largest absolute Gasteiger partial charge is 0.573 e. The molecule has 2 aromatic carbocycles. The molecule has 0 bridgehead atoms. The fourth-order valence-corrected chi connectivity index (χ4v) is 7.24. The lowest BCUT2D eigenvalue weighted by molar-refractivity contribution is -0.275. The minimum atomic E-state index is -5.02. The Morgan fingerprint density at radius 2 is 1.55 bits per heavy atom. The average molecular weight is 736 g/mol. The molecule has 0 radical (unpaired) electrons. The Hall–Kier alpha value is -4.96. The van der Waals surface area contributed by atoms with Crippen LogP contribution in [-0.4, -0.2) is 84.6 Å². The van der Waals surface area contributed by atoms with Crippen LogP contribution in [0.2, 0.25) is 0 Å². The Kier molecular flexibility index (Phi) is 9.75. The van der Waals surface area contributed by atoms with Crippen molar-refractivity contribution in [2.24, 2.45) is 0 Å². The van der Waals surface area contributed by atoms with Gasteiger partial charge < -0.3 is 25.0 Å². The van der Waals surface area contributed by atoms with Gasteiger partial charge in [0.15, 0.2) is 0 Å². The number of alkyl halides is 6. The summed E-state index contributed by atoms with van der Waals surface area (Å²) < 4.78 is 113. The van der Waals surface area contributed by atoms with E-state index in [2.05, 4.69) is 30.2 Å². The smallest absolute Gasteiger partial charge is 0.406 e. The normalized spacial score (nSPS) is 16.0. The van der Waals surface area contributed by atoms with Crippen LogP contribution in [0.15, 0.2) is 64.3 Å². The minimum absolute atomic E-state index is 0.0382. The van der Waals surface area contributed by atoms with Gasteiger partial charge >= 0.3 is 12.7 Å². The second-order valence-electron chi connectivity index (χ2n) is 10.1. The van der Waals surface area contributed by atoms with E-state index in [0.29, 0.717) is 5.56 Å². The number of anilines is 1. The van der Waals surface area contributed by atoms with Gasteiger partial charge in [-0.05, 0) is 42.0 Å². The first-order valence-corrected chi connectivity index (χ1v) is 16.1. The van der Waals surface area contributed by atoms with Crippen LogP contribution in [0.25, 0.3) is 4.96 Å². The lowest BCUT2D eigenvalue weighted by Crippen LogP contribution is -2.60. The lowest BCUT2D eigenvalue weighted by atomic mass is 10.2. The molecular formula is C27H23F6N7O7S2. The molecule has 1 fully saturated rings. The molecule has 0 unspecified atom stereocenters. The predicted molar refractivity (Wildman–Crippen MR) is 159 cm³/mol. The van der Waals surface area contributed by atoms with Gasteiger partial charge in [0, 0.05) is 39.3 Å². The molecule has 2 amide bonds. The van der Waals surface area contributed by atoms with Gasteiger partial charge in [-0.3, -0.25) is 14.4 Å². The number of carbonyl (C=O) groups is 2. The second-order valence-corrected chi connectivity index (χ2v) is 13.0. The Labute approximate surface area is 275 Å². The van der Waals surface area contributed by atoms with Gasteiger partial charge in [-0.1, -0.05) is 23.5 Å². The number of fused-ring (bicyclic) bond motifs is 1. The van der Waals surface area contributed by atoms with Crippen LogP contribution >= 0.6 is 11.3 Å². The standard InChI is InChI=1S/C27H23F6N7O7S2/c1-34-22(42)19-12-21(41)36-24-40(19)37-25(48-24)38-10-11-39(49(44,45)18-8-6-17(7-9-18)47-27(31,32)33)20(14-38)23(43)35-13-15-2-4-16(5-3-15)46-26(28,29)30/h2-9,12,20H,10-11,13-14H2,1H3,(H,34,42)(H,35,43)/t20-/m1/s1. The number of amides is 2. The topological polar surface area (TPSA) is 165 Å². The highest BCUT2D eigenvalue weighted by Crippen LogP contribution is 2.30. The number of halogens is 6. The summed E-state index contributed by atoms with van der Waals surface area (Å²) >= 11 is 0.890. The Bertz CT molecular complexity index is 2020. The third kappa shape index (κ3) is 8.37. The maximum Gasteiger partial charge on any atom is 0.573 e. The first kappa shape index (κ1) is 35.3. The van der Waals surface area contributed by atoms with E-state index in [1.807, 2.05) is 0 Å². The highest BCUT2D eigenvalue weighted by molar-refractivity contribution is 7.89. The fraction of sp³-hybridized carbons (Fsp3) is 0.296. The van der Waals surface area contributed by atoms with E-state index in [4.69, 9.17) is 0 Å². The summed E-state index contributed by atoms with van der Waals surface area (Å²) in [4.78, 5) is 43.1. The van der Waals surface area contributed by atoms with E-state index in [0.717, 1.165) is 62.6 Å². The number of nitrogens with one attached hydrogen (secondary N) is 2. The van der Waals surface area contributed by atoms with Crippen molar-refractivity contribution in [3.63, 3.8) is 0 Å². The zero-order chi connectivity index (χ0) is 35.7. The van der Waals surface area contributed by atoms with Crippen LogP contribution in [-0.2, 0) is 21.4 Å². The first-order chi connectivity index (χ1) is 22.9. The van der Waals surface area contributed by atoms with Crippen molar-refractivity contribution < 1.29 is 53.8 Å². The molecule has 1 aliphatic rings. The van der Waals surface area contributed by atoms with Crippen molar-refractivity contribution in [1.29, 1.82) is 0 Å². The van der Waals surface area contributed by atoms with Crippen LogP contribution in [0, 0.1) is 0 Å². The average Bonchev–Trinajstić information content (AvgIpc) is 3.46. The van der Waals surface area contributed by atoms with Crippen LogP contribution in [0.5, 0.6) is 11.5 Å². The molecule has 22 heteroatoms. The summed E-state index contributed by atoms with van der Waals surface area (Å²) in [5.41, 5.74) is -0.499. The third-order valence-corrected chi connectivity index (χ3v) is 9.79. The summed E-state index contributed by atoms with van der Waals surface area (Å²) in [6.07, 6.45) is -9.93. The van der Waals surface area contributed by atoms with Gasteiger partial charge in [0.2, 0.25) is 26.0 Å². The van der Waals surface area contributed by atoms with Crippen molar-refractivity contribution in [2.45, 2.75) is 30.2 Å². The number of nitrogens with zero attached hydrogens (tertiary/aromatic N) is 5. The number of carbonyl (C=O) groups excluding carboxylic acids is 2. The van der Waals surface area contributed by atoms with Gasteiger partial charge in [0.25, 0.3) is 11.5 Å².